The van der Waals surface area contributed by atoms with Crippen LogP contribution in [0, 0.1) is 6.92 Å². The molecule has 3 heteroatoms. The minimum atomic E-state index is 0.565. The Morgan fingerprint density at radius 3 is 2.25 bits per heavy atom. The number of aromatic nitrogens is 2. The van der Waals surface area contributed by atoms with Crippen molar-refractivity contribution in [2.75, 3.05) is 0 Å². The maximum Gasteiger partial charge on any atom is 0.168 e. The van der Waals surface area contributed by atoms with Crippen molar-refractivity contribution in [3.05, 3.63) is 72.3 Å². The summed E-state index contributed by atoms with van der Waals surface area (Å²) in [6.07, 6.45) is 2.42. The van der Waals surface area contributed by atoms with Crippen LogP contribution in [0.1, 0.15) is 16.3 Å². The van der Waals surface area contributed by atoms with Crippen LogP contribution in [0.4, 0.5) is 0 Å². The summed E-state index contributed by atoms with van der Waals surface area (Å²) in [5, 5.41) is 0. The molecule has 3 aromatic rings. The Kier molecular flexibility index (Phi) is 3.17. The molecule has 20 heavy (non-hydrogen) atoms. The van der Waals surface area contributed by atoms with Gasteiger partial charge in [-0.3, -0.25) is 9.36 Å². The van der Waals surface area contributed by atoms with Gasteiger partial charge in [0, 0.05) is 5.69 Å². The van der Waals surface area contributed by atoms with Crippen LogP contribution in [0.3, 0.4) is 0 Å². The summed E-state index contributed by atoms with van der Waals surface area (Å²) in [6, 6.07) is 18.3. The first-order chi connectivity index (χ1) is 9.79. The largest absolute Gasteiger partial charge is 0.296 e. The van der Waals surface area contributed by atoms with Crippen molar-refractivity contribution in [1.29, 1.82) is 0 Å². The minimum absolute atomic E-state index is 0.565. The number of aryl methyl sites for hydroxylation is 1. The fraction of sp³-hybridized carbons (Fsp3) is 0.0588. The third-order valence-corrected chi connectivity index (χ3v) is 3.32. The van der Waals surface area contributed by atoms with Gasteiger partial charge < -0.3 is 0 Å². The molecule has 0 radical (unpaired) electrons. The van der Waals surface area contributed by atoms with Crippen molar-refractivity contribution in [3.8, 4) is 16.8 Å². The van der Waals surface area contributed by atoms with Crippen LogP contribution in [0.2, 0.25) is 0 Å². The molecule has 0 N–H and O–H groups in total. The highest BCUT2D eigenvalue weighted by Gasteiger charge is 2.07. The molecule has 0 amide bonds. The molecular formula is C17H14N2O. The van der Waals surface area contributed by atoms with E-state index < -0.39 is 0 Å². The van der Waals surface area contributed by atoms with Gasteiger partial charge in [-0.05, 0) is 30.2 Å². The average molecular weight is 262 g/mol. The number of nitrogens with zero attached hydrogens (tertiary/aromatic N) is 2. The second kappa shape index (κ2) is 5.13. The van der Waals surface area contributed by atoms with E-state index in [1.54, 1.807) is 6.20 Å². The number of imidazole rings is 1. The van der Waals surface area contributed by atoms with Gasteiger partial charge in [-0.2, -0.15) is 0 Å². The molecule has 1 aromatic heterocycles. The highest BCUT2D eigenvalue weighted by Crippen LogP contribution is 2.21. The number of carbonyl (C=O) groups excluding carboxylic acids is 1. The Labute approximate surface area is 117 Å². The summed E-state index contributed by atoms with van der Waals surface area (Å²) in [6.45, 7) is 1.89. The lowest BCUT2D eigenvalue weighted by atomic mass is 10.1. The Hall–Kier alpha value is -2.68. The van der Waals surface area contributed by atoms with Gasteiger partial charge in [0.05, 0.1) is 6.20 Å². The van der Waals surface area contributed by atoms with Crippen molar-refractivity contribution in [1.82, 2.24) is 9.55 Å². The first-order valence-corrected chi connectivity index (χ1v) is 6.45. The molecule has 0 unspecified atom stereocenters. The Balaban J connectivity index is 2.02. The van der Waals surface area contributed by atoms with E-state index in [-0.39, 0.29) is 0 Å². The van der Waals surface area contributed by atoms with E-state index in [0.717, 1.165) is 23.4 Å². The molecule has 0 saturated heterocycles. The highest BCUT2D eigenvalue weighted by atomic mass is 16.1. The van der Waals surface area contributed by atoms with Crippen LogP contribution < -0.4 is 0 Å². The molecule has 0 saturated carbocycles. The summed E-state index contributed by atoms with van der Waals surface area (Å²) in [5.41, 5.74) is 3.84. The minimum Gasteiger partial charge on any atom is -0.296 e. The van der Waals surface area contributed by atoms with Crippen LogP contribution >= 0.6 is 0 Å². The molecule has 3 rings (SSSR count). The van der Waals surface area contributed by atoms with Gasteiger partial charge in [0.2, 0.25) is 0 Å². The standard InChI is InChI=1S/C17H14N2O/c1-13-18-11-17(12-20)19(13)16-9-7-15(8-10-16)14-5-3-2-4-6-14/h2-12H,1H3. The third-order valence-electron chi connectivity index (χ3n) is 3.32. The summed E-state index contributed by atoms with van der Waals surface area (Å²) in [4.78, 5) is 15.2. The summed E-state index contributed by atoms with van der Waals surface area (Å²) < 4.78 is 1.85. The van der Waals surface area contributed by atoms with Crippen LogP contribution in [-0.4, -0.2) is 15.8 Å². The zero-order chi connectivity index (χ0) is 13.9. The van der Waals surface area contributed by atoms with Gasteiger partial charge in [-0.15, -0.1) is 0 Å². The number of hydrogen-bond acceptors (Lipinski definition) is 2. The van der Waals surface area contributed by atoms with Crippen molar-refractivity contribution in [2.24, 2.45) is 0 Å². The summed E-state index contributed by atoms with van der Waals surface area (Å²) in [7, 11) is 0. The van der Waals surface area contributed by atoms with E-state index in [9.17, 15) is 4.79 Å². The van der Waals surface area contributed by atoms with E-state index >= 15 is 0 Å². The van der Waals surface area contributed by atoms with Gasteiger partial charge in [0.25, 0.3) is 0 Å². The smallest absolute Gasteiger partial charge is 0.168 e. The topological polar surface area (TPSA) is 34.9 Å². The lowest BCUT2D eigenvalue weighted by molar-refractivity contribution is 0.111. The number of hydrogen-bond donors (Lipinski definition) is 0. The van der Waals surface area contributed by atoms with Gasteiger partial charge in [0.15, 0.2) is 6.29 Å². The maximum atomic E-state index is 11.0. The molecular weight excluding hydrogens is 248 g/mol. The number of aldehydes is 1. The third kappa shape index (κ3) is 2.14. The maximum absolute atomic E-state index is 11.0. The molecule has 3 nitrogen and oxygen atoms in total. The number of carbonyl (C=O) groups is 1. The molecule has 0 aliphatic rings. The first kappa shape index (κ1) is 12.4. The van der Waals surface area contributed by atoms with Crippen LogP contribution in [-0.2, 0) is 0 Å². The second-order valence-electron chi connectivity index (χ2n) is 4.60. The molecule has 0 atom stereocenters. The zero-order valence-corrected chi connectivity index (χ0v) is 11.2. The fourth-order valence-electron chi connectivity index (χ4n) is 2.31. The zero-order valence-electron chi connectivity index (χ0n) is 11.2. The van der Waals surface area contributed by atoms with E-state index in [2.05, 4.69) is 29.2 Å². The molecule has 0 bridgehead atoms. The molecule has 0 aliphatic heterocycles. The second-order valence-corrected chi connectivity index (χ2v) is 4.60. The van der Waals surface area contributed by atoms with Crippen molar-refractivity contribution in [2.45, 2.75) is 6.92 Å². The Morgan fingerprint density at radius 1 is 0.950 bits per heavy atom. The van der Waals surface area contributed by atoms with Crippen molar-refractivity contribution >= 4 is 6.29 Å². The Morgan fingerprint density at radius 2 is 1.60 bits per heavy atom. The molecule has 0 spiro atoms. The lowest BCUT2D eigenvalue weighted by Crippen LogP contribution is -2.01. The molecule has 0 aliphatic carbocycles. The lowest BCUT2D eigenvalue weighted by Gasteiger charge is -2.08. The van der Waals surface area contributed by atoms with Crippen LogP contribution in [0.15, 0.2) is 60.8 Å². The predicted molar refractivity (Wildman–Crippen MR) is 79.1 cm³/mol. The molecule has 1 heterocycles. The molecule has 98 valence electrons. The number of rotatable bonds is 3. The first-order valence-electron chi connectivity index (χ1n) is 6.45. The van der Waals surface area contributed by atoms with Crippen molar-refractivity contribution in [3.63, 3.8) is 0 Å². The summed E-state index contributed by atoms with van der Waals surface area (Å²) in [5.74, 6) is 0.805. The van der Waals surface area contributed by atoms with Crippen LogP contribution in [0.5, 0.6) is 0 Å². The van der Waals surface area contributed by atoms with Gasteiger partial charge >= 0.3 is 0 Å². The van der Waals surface area contributed by atoms with Crippen molar-refractivity contribution < 1.29 is 4.79 Å². The predicted octanol–water partition coefficient (Wildman–Crippen LogP) is 3.66. The highest BCUT2D eigenvalue weighted by molar-refractivity contribution is 5.74. The van der Waals surface area contributed by atoms with E-state index in [1.807, 2.05) is 41.8 Å². The van der Waals surface area contributed by atoms with Gasteiger partial charge in [-0.1, -0.05) is 42.5 Å². The summed E-state index contributed by atoms with van der Waals surface area (Å²) >= 11 is 0. The van der Waals surface area contributed by atoms with E-state index in [0.29, 0.717) is 5.69 Å². The fourth-order valence-corrected chi connectivity index (χ4v) is 2.31. The SMILES string of the molecule is Cc1ncc(C=O)n1-c1ccc(-c2ccccc2)cc1. The quantitative estimate of drug-likeness (QED) is 0.675. The van der Waals surface area contributed by atoms with Gasteiger partial charge in [0.1, 0.15) is 11.5 Å². The number of benzene rings is 2. The average Bonchev–Trinajstić information content (AvgIpc) is 2.89. The normalized spacial score (nSPS) is 10.4. The van der Waals surface area contributed by atoms with E-state index in [1.165, 1.54) is 5.56 Å². The Bertz CT molecular complexity index is 727. The van der Waals surface area contributed by atoms with Gasteiger partial charge in [-0.25, -0.2) is 4.98 Å². The van der Waals surface area contributed by atoms with Crippen LogP contribution in [0.25, 0.3) is 16.8 Å². The molecule has 2 aromatic carbocycles. The van der Waals surface area contributed by atoms with E-state index in [4.69, 9.17) is 0 Å². The molecule has 0 fully saturated rings. The monoisotopic (exact) mass is 262 g/mol.